The van der Waals surface area contributed by atoms with Gasteiger partial charge < -0.3 is 10.2 Å². The Labute approximate surface area is 196 Å². The molecule has 6 heteroatoms. The molecule has 0 bridgehead atoms. The number of benzene rings is 1. The zero-order valence-corrected chi connectivity index (χ0v) is 19.2. The van der Waals surface area contributed by atoms with Crippen molar-refractivity contribution in [1.82, 2.24) is 20.2 Å². The lowest BCUT2D eigenvalue weighted by atomic mass is 10.0. The van der Waals surface area contributed by atoms with Gasteiger partial charge in [0.05, 0.1) is 11.0 Å². The van der Waals surface area contributed by atoms with Gasteiger partial charge in [0.25, 0.3) is 5.91 Å². The average Bonchev–Trinajstić information content (AvgIpc) is 3.15. The predicted octanol–water partition coefficient (Wildman–Crippen LogP) is 4.40. The molecule has 0 spiro atoms. The maximum absolute atomic E-state index is 12.9. The van der Waals surface area contributed by atoms with Crippen molar-refractivity contribution in [3.05, 3.63) is 65.9 Å². The highest BCUT2D eigenvalue weighted by atomic mass is 16.1. The first-order valence-corrected chi connectivity index (χ1v) is 12.3. The number of carbonyl (C=O) groups is 1. The van der Waals surface area contributed by atoms with Gasteiger partial charge in [0.1, 0.15) is 11.5 Å². The molecule has 3 aromatic rings. The Bertz CT molecular complexity index is 1070. The third-order valence-corrected chi connectivity index (χ3v) is 6.86. The van der Waals surface area contributed by atoms with Crippen LogP contribution in [0.1, 0.15) is 54.6 Å². The van der Waals surface area contributed by atoms with E-state index in [4.69, 9.17) is 4.98 Å². The van der Waals surface area contributed by atoms with Crippen molar-refractivity contribution in [3.63, 3.8) is 0 Å². The number of rotatable bonds is 5. The first-order chi connectivity index (χ1) is 16.2. The molecule has 4 heterocycles. The Morgan fingerprint density at radius 2 is 1.52 bits per heavy atom. The number of piperidine rings is 1. The summed E-state index contributed by atoms with van der Waals surface area (Å²) in [4.78, 5) is 27.1. The molecule has 172 valence electrons. The summed E-state index contributed by atoms with van der Waals surface area (Å²) in [5, 5.41) is 3.20. The number of hydrogen-bond acceptors (Lipinski definition) is 5. The van der Waals surface area contributed by atoms with Gasteiger partial charge >= 0.3 is 0 Å². The number of likely N-dealkylation sites (tertiary alicyclic amines) is 1. The number of aromatic nitrogens is 2. The Morgan fingerprint density at radius 3 is 2.27 bits per heavy atom. The fourth-order valence-corrected chi connectivity index (χ4v) is 4.94. The molecular formula is C27H33N5O. The van der Waals surface area contributed by atoms with Gasteiger partial charge in [0, 0.05) is 38.8 Å². The second-order valence-corrected chi connectivity index (χ2v) is 9.31. The summed E-state index contributed by atoms with van der Waals surface area (Å²) in [7, 11) is 0. The van der Waals surface area contributed by atoms with E-state index in [1.54, 1.807) is 6.07 Å². The molecule has 1 aromatic carbocycles. The molecule has 2 aromatic heterocycles. The monoisotopic (exact) mass is 443 g/mol. The second-order valence-electron chi connectivity index (χ2n) is 9.31. The molecule has 2 aliphatic rings. The minimum absolute atomic E-state index is 0.0880. The van der Waals surface area contributed by atoms with Gasteiger partial charge in [-0.25, -0.2) is 9.97 Å². The Morgan fingerprint density at radius 1 is 0.818 bits per heavy atom. The standard InChI is InChI=1S/C27H33N5O/c33-27(28-22-14-18-31(19-15-22)20-21-8-4-3-5-9-21)25-11-10-24-23(29-25)12-13-26(30-24)32-16-6-1-2-7-17-32/h3-5,8-13,22H,1-2,6-7,14-20H2,(H,28,33). The maximum atomic E-state index is 12.9. The Hall–Kier alpha value is -2.99. The van der Waals surface area contributed by atoms with Gasteiger partial charge in [-0.05, 0) is 55.5 Å². The number of fused-ring (bicyclic) bond motifs is 1. The van der Waals surface area contributed by atoms with E-state index in [1.165, 1.54) is 31.2 Å². The lowest BCUT2D eigenvalue weighted by Gasteiger charge is -2.32. The van der Waals surface area contributed by atoms with Crippen molar-refractivity contribution < 1.29 is 4.79 Å². The molecule has 0 aliphatic carbocycles. The molecule has 0 radical (unpaired) electrons. The number of nitrogens with zero attached hydrogens (tertiary/aromatic N) is 4. The second kappa shape index (κ2) is 10.3. The van der Waals surface area contributed by atoms with Crippen LogP contribution in [0.2, 0.25) is 0 Å². The predicted molar refractivity (Wildman–Crippen MR) is 132 cm³/mol. The average molecular weight is 444 g/mol. The Kier molecular flexibility index (Phi) is 6.81. The number of amides is 1. The normalized spacial score (nSPS) is 18.2. The van der Waals surface area contributed by atoms with E-state index in [0.717, 1.165) is 62.4 Å². The summed E-state index contributed by atoms with van der Waals surface area (Å²) in [6.45, 7) is 5.09. The van der Waals surface area contributed by atoms with Crippen LogP contribution in [-0.4, -0.2) is 53.0 Å². The zero-order chi connectivity index (χ0) is 22.5. The van der Waals surface area contributed by atoms with E-state index in [0.29, 0.717) is 5.69 Å². The topological polar surface area (TPSA) is 61.4 Å². The van der Waals surface area contributed by atoms with E-state index in [-0.39, 0.29) is 11.9 Å². The molecule has 2 fully saturated rings. The molecule has 1 amide bonds. The first kappa shape index (κ1) is 21.8. The highest BCUT2D eigenvalue weighted by Crippen LogP contribution is 2.21. The van der Waals surface area contributed by atoms with Crippen LogP contribution in [-0.2, 0) is 6.54 Å². The van der Waals surface area contributed by atoms with E-state index >= 15 is 0 Å². The van der Waals surface area contributed by atoms with Gasteiger partial charge in [0.2, 0.25) is 0 Å². The van der Waals surface area contributed by atoms with Crippen LogP contribution in [0.3, 0.4) is 0 Å². The summed E-state index contributed by atoms with van der Waals surface area (Å²) in [6, 6.07) is 18.6. The van der Waals surface area contributed by atoms with Crippen molar-refractivity contribution in [2.75, 3.05) is 31.1 Å². The third-order valence-electron chi connectivity index (χ3n) is 6.86. The maximum Gasteiger partial charge on any atom is 0.270 e. The quantitative estimate of drug-likeness (QED) is 0.633. The number of carbonyl (C=O) groups excluding carboxylic acids is 1. The smallest absolute Gasteiger partial charge is 0.270 e. The van der Waals surface area contributed by atoms with Crippen molar-refractivity contribution in [2.24, 2.45) is 0 Å². The van der Waals surface area contributed by atoms with Crippen LogP contribution in [0.15, 0.2) is 54.6 Å². The van der Waals surface area contributed by atoms with Crippen molar-refractivity contribution >= 4 is 22.8 Å². The largest absolute Gasteiger partial charge is 0.357 e. The third kappa shape index (κ3) is 5.50. The summed E-state index contributed by atoms with van der Waals surface area (Å²) in [6.07, 6.45) is 6.98. The molecular weight excluding hydrogens is 410 g/mol. The van der Waals surface area contributed by atoms with Crippen LogP contribution in [0, 0.1) is 0 Å². The highest BCUT2D eigenvalue weighted by molar-refractivity contribution is 5.94. The number of hydrogen-bond donors (Lipinski definition) is 1. The van der Waals surface area contributed by atoms with Crippen molar-refractivity contribution in [2.45, 2.75) is 51.1 Å². The van der Waals surface area contributed by atoms with Gasteiger partial charge in [-0.1, -0.05) is 43.2 Å². The van der Waals surface area contributed by atoms with Crippen LogP contribution >= 0.6 is 0 Å². The number of anilines is 1. The summed E-state index contributed by atoms with van der Waals surface area (Å²) in [5.41, 5.74) is 3.44. The van der Waals surface area contributed by atoms with Crippen LogP contribution < -0.4 is 10.2 Å². The minimum atomic E-state index is -0.0880. The van der Waals surface area contributed by atoms with E-state index in [1.807, 2.05) is 18.2 Å². The molecule has 2 saturated heterocycles. The fraction of sp³-hybridized carbons (Fsp3) is 0.444. The van der Waals surface area contributed by atoms with Crippen molar-refractivity contribution in [1.29, 1.82) is 0 Å². The summed E-state index contributed by atoms with van der Waals surface area (Å²) < 4.78 is 0. The molecule has 6 nitrogen and oxygen atoms in total. The molecule has 0 unspecified atom stereocenters. The van der Waals surface area contributed by atoms with Gasteiger partial charge in [0.15, 0.2) is 0 Å². The number of pyridine rings is 2. The number of nitrogens with one attached hydrogen (secondary N) is 1. The van der Waals surface area contributed by atoms with Gasteiger partial charge in [-0.15, -0.1) is 0 Å². The SMILES string of the molecule is O=C(NC1CCN(Cc2ccccc2)CC1)c1ccc2nc(N3CCCCCC3)ccc2n1. The molecule has 2 aliphatic heterocycles. The van der Waals surface area contributed by atoms with Crippen LogP contribution in [0.5, 0.6) is 0 Å². The zero-order valence-electron chi connectivity index (χ0n) is 19.2. The lowest BCUT2D eigenvalue weighted by molar-refractivity contribution is 0.0904. The van der Waals surface area contributed by atoms with Crippen LogP contribution in [0.25, 0.3) is 11.0 Å². The van der Waals surface area contributed by atoms with E-state index in [9.17, 15) is 4.79 Å². The lowest BCUT2D eigenvalue weighted by Crippen LogP contribution is -2.44. The van der Waals surface area contributed by atoms with E-state index < -0.39 is 0 Å². The first-order valence-electron chi connectivity index (χ1n) is 12.3. The summed E-state index contributed by atoms with van der Waals surface area (Å²) >= 11 is 0. The Balaban J connectivity index is 1.18. The van der Waals surface area contributed by atoms with Crippen LogP contribution in [0.4, 0.5) is 5.82 Å². The molecule has 0 saturated carbocycles. The summed E-state index contributed by atoms with van der Waals surface area (Å²) in [5.74, 6) is 0.931. The molecule has 5 rings (SSSR count). The molecule has 0 atom stereocenters. The molecule has 1 N–H and O–H groups in total. The minimum Gasteiger partial charge on any atom is -0.357 e. The van der Waals surface area contributed by atoms with E-state index in [2.05, 4.69) is 50.4 Å². The van der Waals surface area contributed by atoms with Gasteiger partial charge in [-0.2, -0.15) is 0 Å². The highest BCUT2D eigenvalue weighted by Gasteiger charge is 2.22. The molecule has 33 heavy (non-hydrogen) atoms. The van der Waals surface area contributed by atoms with Crippen molar-refractivity contribution in [3.8, 4) is 0 Å². The fourth-order valence-electron chi connectivity index (χ4n) is 4.94. The van der Waals surface area contributed by atoms with Gasteiger partial charge in [-0.3, -0.25) is 9.69 Å².